The third-order valence-corrected chi connectivity index (χ3v) is 5.57. The Morgan fingerprint density at radius 3 is 2.75 bits per heavy atom. The Hall–Kier alpha value is -2.93. The van der Waals surface area contributed by atoms with Gasteiger partial charge in [0.25, 0.3) is 11.5 Å². The van der Waals surface area contributed by atoms with E-state index < -0.39 is 0 Å². The van der Waals surface area contributed by atoms with Crippen LogP contribution in [0.25, 0.3) is 5.65 Å². The summed E-state index contributed by atoms with van der Waals surface area (Å²) in [5.41, 5.74) is 1.67. The monoisotopic (exact) mass is 379 g/mol. The van der Waals surface area contributed by atoms with Crippen LogP contribution in [0.1, 0.15) is 41.7 Å². The molecule has 7 nitrogen and oxygen atoms in total. The molecule has 1 aliphatic rings. The SMILES string of the molecule is CC1CCN(C(CNC(=O)c2c[nH]n3c(=O)ccnc23)c2ccccc2)CC1. The minimum Gasteiger partial charge on any atom is -0.350 e. The number of benzene rings is 1. The zero-order valence-corrected chi connectivity index (χ0v) is 16.0. The highest BCUT2D eigenvalue weighted by atomic mass is 16.2. The van der Waals surface area contributed by atoms with E-state index in [1.807, 2.05) is 18.2 Å². The number of rotatable bonds is 5. The van der Waals surface area contributed by atoms with Crippen molar-refractivity contribution < 1.29 is 4.79 Å². The van der Waals surface area contributed by atoms with Crippen molar-refractivity contribution in [2.45, 2.75) is 25.8 Å². The molecule has 1 aliphatic heterocycles. The van der Waals surface area contributed by atoms with Crippen LogP contribution in [0.2, 0.25) is 0 Å². The molecule has 0 spiro atoms. The van der Waals surface area contributed by atoms with Crippen molar-refractivity contribution in [2.75, 3.05) is 19.6 Å². The number of carbonyl (C=O) groups is 1. The van der Waals surface area contributed by atoms with Gasteiger partial charge in [-0.05, 0) is 37.4 Å². The number of hydrogen-bond acceptors (Lipinski definition) is 4. The van der Waals surface area contributed by atoms with Crippen molar-refractivity contribution in [1.29, 1.82) is 0 Å². The van der Waals surface area contributed by atoms with Gasteiger partial charge >= 0.3 is 0 Å². The van der Waals surface area contributed by atoms with E-state index in [1.54, 1.807) is 0 Å². The van der Waals surface area contributed by atoms with E-state index in [-0.39, 0.29) is 17.5 Å². The van der Waals surface area contributed by atoms with Crippen molar-refractivity contribution in [3.63, 3.8) is 0 Å². The zero-order valence-electron chi connectivity index (χ0n) is 16.0. The number of piperidine rings is 1. The van der Waals surface area contributed by atoms with Gasteiger partial charge in [0.15, 0.2) is 5.65 Å². The largest absolute Gasteiger partial charge is 0.350 e. The van der Waals surface area contributed by atoms with Gasteiger partial charge in [-0.15, -0.1) is 0 Å². The highest BCUT2D eigenvalue weighted by Gasteiger charge is 2.25. The maximum Gasteiger partial charge on any atom is 0.272 e. The molecule has 1 aromatic carbocycles. The van der Waals surface area contributed by atoms with Crippen LogP contribution in [0, 0.1) is 5.92 Å². The first-order valence-corrected chi connectivity index (χ1v) is 9.76. The van der Waals surface area contributed by atoms with Gasteiger partial charge in [-0.2, -0.15) is 0 Å². The minimum atomic E-state index is -0.242. The van der Waals surface area contributed by atoms with Gasteiger partial charge in [-0.25, -0.2) is 9.50 Å². The van der Waals surface area contributed by atoms with Crippen LogP contribution in [-0.4, -0.2) is 45.0 Å². The molecule has 0 bridgehead atoms. The number of nitrogens with one attached hydrogen (secondary N) is 2. The molecule has 1 fully saturated rings. The number of hydrogen-bond donors (Lipinski definition) is 2. The normalized spacial score (nSPS) is 16.9. The maximum atomic E-state index is 12.8. The summed E-state index contributed by atoms with van der Waals surface area (Å²) in [6.07, 6.45) is 5.29. The van der Waals surface area contributed by atoms with Gasteiger partial charge in [-0.3, -0.25) is 19.6 Å². The number of amides is 1. The zero-order chi connectivity index (χ0) is 19.5. The number of carbonyl (C=O) groups excluding carboxylic acids is 1. The summed E-state index contributed by atoms with van der Waals surface area (Å²) in [5, 5.41) is 5.84. The van der Waals surface area contributed by atoms with Crippen molar-refractivity contribution in [3.05, 3.63) is 70.3 Å². The molecule has 3 heterocycles. The predicted molar refractivity (Wildman–Crippen MR) is 107 cm³/mol. The van der Waals surface area contributed by atoms with Crippen molar-refractivity contribution in [2.24, 2.45) is 5.92 Å². The molecule has 0 aliphatic carbocycles. The summed E-state index contributed by atoms with van der Waals surface area (Å²) in [6.45, 7) is 4.86. The number of nitrogens with zero attached hydrogens (tertiary/aromatic N) is 3. The quantitative estimate of drug-likeness (QED) is 0.712. The Bertz CT molecular complexity index is 1000. The maximum absolute atomic E-state index is 12.8. The predicted octanol–water partition coefficient (Wildman–Crippen LogP) is 2.23. The lowest BCUT2D eigenvalue weighted by Crippen LogP contribution is -2.42. The van der Waals surface area contributed by atoms with E-state index in [0.29, 0.717) is 17.8 Å². The fraction of sp³-hybridized carbons (Fsp3) is 0.381. The Morgan fingerprint density at radius 1 is 1.25 bits per heavy atom. The van der Waals surface area contributed by atoms with Gasteiger partial charge in [0.2, 0.25) is 0 Å². The van der Waals surface area contributed by atoms with Gasteiger partial charge in [0.05, 0.1) is 6.04 Å². The number of H-pyrrole nitrogens is 1. The lowest BCUT2D eigenvalue weighted by atomic mass is 9.95. The Balaban J connectivity index is 1.53. The Morgan fingerprint density at radius 2 is 2.00 bits per heavy atom. The average Bonchev–Trinajstić information content (AvgIpc) is 3.16. The summed E-state index contributed by atoms with van der Waals surface area (Å²) in [7, 11) is 0. The van der Waals surface area contributed by atoms with E-state index in [9.17, 15) is 9.59 Å². The molecule has 1 atom stereocenters. The van der Waals surface area contributed by atoms with Crippen LogP contribution >= 0.6 is 0 Å². The first-order valence-electron chi connectivity index (χ1n) is 9.76. The molecule has 3 aromatic rings. The number of aromatic amines is 1. The molecule has 28 heavy (non-hydrogen) atoms. The average molecular weight is 379 g/mol. The Kier molecular flexibility index (Phi) is 5.25. The molecule has 2 aromatic heterocycles. The molecule has 1 unspecified atom stereocenters. The summed E-state index contributed by atoms with van der Waals surface area (Å²) in [5.74, 6) is 0.515. The van der Waals surface area contributed by atoms with Crippen LogP contribution in [0.3, 0.4) is 0 Å². The number of aromatic nitrogens is 3. The van der Waals surface area contributed by atoms with Crippen molar-refractivity contribution in [1.82, 2.24) is 24.8 Å². The minimum absolute atomic E-state index is 0.124. The van der Waals surface area contributed by atoms with Crippen LogP contribution in [0.15, 0.2) is 53.6 Å². The van der Waals surface area contributed by atoms with E-state index in [2.05, 4.69) is 39.4 Å². The first kappa shape index (κ1) is 18.4. The molecular weight excluding hydrogens is 354 g/mol. The summed E-state index contributed by atoms with van der Waals surface area (Å²) < 4.78 is 1.27. The van der Waals surface area contributed by atoms with Crippen LogP contribution in [0.5, 0.6) is 0 Å². The van der Waals surface area contributed by atoms with Crippen LogP contribution in [0.4, 0.5) is 0 Å². The molecule has 7 heteroatoms. The fourth-order valence-electron chi connectivity index (χ4n) is 3.84. The van der Waals surface area contributed by atoms with E-state index in [0.717, 1.165) is 19.0 Å². The second kappa shape index (κ2) is 7.98. The standard InChI is InChI=1S/C21H25N5O2/c1-15-8-11-25(12-9-15)18(16-5-3-2-4-6-16)14-23-21(28)17-13-24-26-19(27)7-10-22-20(17)26/h2-7,10,13,15,18,24H,8-9,11-12,14H2,1H3,(H,23,28). The van der Waals surface area contributed by atoms with Crippen molar-refractivity contribution >= 4 is 11.6 Å². The molecule has 146 valence electrons. The topological polar surface area (TPSA) is 82.5 Å². The second-order valence-electron chi connectivity index (χ2n) is 7.48. The highest BCUT2D eigenvalue weighted by molar-refractivity contribution is 5.99. The first-order chi connectivity index (χ1) is 13.6. The van der Waals surface area contributed by atoms with E-state index >= 15 is 0 Å². The molecular formula is C21H25N5O2. The van der Waals surface area contributed by atoms with Crippen LogP contribution < -0.4 is 10.9 Å². The van der Waals surface area contributed by atoms with Crippen molar-refractivity contribution in [3.8, 4) is 0 Å². The lowest BCUT2D eigenvalue weighted by molar-refractivity contribution is 0.0914. The lowest BCUT2D eigenvalue weighted by Gasteiger charge is -2.37. The molecule has 0 radical (unpaired) electrons. The number of fused-ring (bicyclic) bond motifs is 1. The van der Waals surface area contributed by atoms with E-state index in [4.69, 9.17) is 0 Å². The van der Waals surface area contributed by atoms with E-state index in [1.165, 1.54) is 41.4 Å². The summed E-state index contributed by atoms with van der Waals surface area (Å²) in [6, 6.07) is 11.8. The Labute approximate surface area is 163 Å². The smallest absolute Gasteiger partial charge is 0.272 e. The van der Waals surface area contributed by atoms with Gasteiger partial charge in [0, 0.05) is 25.0 Å². The molecule has 2 N–H and O–H groups in total. The summed E-state index contributed by atoms with van der Waals surface area (Å²) >= 11 is 0. The third-order valence-electron chi connectivity index (χ3n) is 5.57. The second-order valence-corrected chi connectivity index (χ2v) is 7.48. The third kappa shape index (κ3) is 3.71. The molecule has 4 rings (SSSR count). The van der Waals surface area contributed by atoms with Gasteiger partial charge in [0.1, 0.15) is 5.56 Å². The summed E-state index contributed by atoms with van der Waals surface area (Å²) in [4.78, 5) is 31.3. The van der Waals surface area contributed by atoms with Crippen LogP contribution in [-0.2, 0) is 0 Å². The molecule has 0 saturated carbocycles. The van der Waals surface area contributed by atoms with Gasteiger partial charge in [-0.1, -0.05) is 37.3 Å². The number of likely N-dealkylation sites (tertiary alicyclic amines) is 1. The molecule has 1 saturated heterocycles. The highest BCUT2D eigenvalue weighted by Crippen LogP contribution is 2.26. The molecule has 1 amide bonds. The van der Waals surface area contributed by atoms with Gasteiger partial charge < -0.3 is 5.32 Å². The fourth-order valence-corrected chi connectivity index (χ4v) is 3.84.